The molecule has 9 nitrogen and oxygen atoms in total. The summed E-state index contributed by atoms with van der Waals surface area (Å²) in [5.74, 6) is 4.40. The molecule has 1 fully saturated rings. The lowest BCUT2D eigenvalue weighted by Crippen LogP contribution is -2.61. The third-order valence-electron chi connectivity index (χ3n) is 5.11. The van der Waals surface area contributed by atoms with Crippen molar-refractivity contribution in [2.24, 2.45) is 11.8 Å². The van der Waals surface area contributed by atoms with E-state index in [0.717, 1.165) is 0 Å². The first-order valence-corrected chi connectivity index (χ1v) is 8.85. The Bertz CT molecular complexity index is 864. The number of methoxy groups -OCH3 is 1. The number of hydrazine groups is 1. The van der Waals surface area contributed by atoms with Gasteiger partial charge >= 0.3 is 5.97 Å². The van der Waals surface area contributed by atoms with Crippen molar-refractivity contribution in [3.8, 4) is 5.75 Å². The van der Waals surface area contributed by atoms with Crippen LogP contribution in [0.1, 0.15) is 18.9 Å². The molecule has 0 radical (unpaired) electrons. The van der Waals surface area contributed by atoms with Crippen molar-refractivity contribution in [2.45, 2.75) is 25.5 Å². The highest BCUT2D eigenvalue weighted by Gasteiger charge is 2.56. The number of carbonyl (C=O) groups is 2. The summed E-state index contributed by atoms with van der Waals surface area (Å²) < 4.78 is 5.34. The van der Waals surface area contributed by atoms with Gasteiger partial charge in [-0.25, -0.2) is 10.6 Å². The molecular weight excluding hydrogens is 364 g/mol. The van der Waals surface area contributed by atoms with E-state index in [2.05, 4.69) is 5.32 Å². The van der Waals surface area contributed by atoms with Gasteiger partial charge in [-0.15, -0.1) is 0 Å². The van der Waals surface area contributed by atoms with E-state index in [-0.39, 0.29) is 17.6 Å². The molecule has 1 aromatic rings. The lowest BCUT2D eigenvalue weighted by Gasteiger charge is -2.44. The number of nitrogens with two attached hydrogens (primary N) is 1. The van der Waals surface area contributed by atoms with E-state index >= 15 is 0 Å². The fourth-order valence-corrected chi connectivity index (χ4v) is 3.79. The molecule has 0 bridgehead atoms. The summed E-state index contributed by atoms with van der Waals surface area (Å²) in [6, 6.07) is 4.82. The summed E-state index contributed by atoms with van der Waals surface area (Å²) in [4.78, 5) is 25.6. The van der Waals surface area contributed by atoms with Gasteiger partial charge in [-0.3, -0.25) is 9.80 Å². The van der Waals surface area contributed by atoms with Crippen molar-refractivity contribution in [3.63, 3.8) is 0 Å². The number of hydrogen-bond donors (Lipinski definition) is 4. The number of nitrogens with one attached hydrogen (secondary N) is 1. The number of β-lactam (4-membered cyclic amide) rings is 1. The van der Waals surface area contributed by atoms with Crippen LogP contribution in [0.5, 0.6) is 5.75 Å². The SMILES string of the molecule is CN/C=C\N(N)c1cc(OC)cc(C2=C(C(=O)O)N3C(=O)[C@H](C(C)O)C3C2)c1. The van der Waals surface area contributed by atoms with Gasteiger partial charge in [-0.1, -0.05) is 0 Å². The zero-order chi connectivity index (χ0) is 20.6. The molecule has 2 aliphatic heterocycles. The molecule has 2 aliphatic rings. The maximum atomic E-state index is 12.4. The smallest absolute Gasteiger partial charge is 0.352 e. The van der Waals surface area contributed by atoms with Crippen LogP contribution in [-0.4, -0.2) is 53.3 Å². The minimum atomic E-state index is -1.18. The number of nitrogens with zero attached hydrogens (tertiary/aromatic N) is 2. The fourth-order valence-electron chi connectivity index (χ4n) is 3.79. The number of benzene rings is 1. The molecule has 0 spiro atoms. The number of carboxylic acids is 1. The van der Waals surface area contributed by atoms with E-state index < -0.39 is 18.0 Å². The zero-order valence-corrected chi connectivity index (χ0v) is 15.9. The molecule has 5 N–H and O–H groups in total. The number of anilines is 1. The molecular formula is C19H24N4O5. The van der Waals surface area contributed by atoms with Crippen molar-refractivity contribution in [1.29, 1.82) is 0 Å². The second-order valence-electron chi connectivity index (χ2n) is 6.81. The van der Waals surface area contributed by atoms with Crippen LogP contribution in [0.15, 0.2) is 36.3 Å². The van der Waals surface area contributed by atoms with Crippen LogP contribution in [0.2, 0.25) is 0 Å². The van der Waals surface area contributed by atoms with E-state index in [1.165, 1.54) is 17.0 Å². The van der Waals surface area contributed by atoms with Crippen LogP contribution in [0, 0.1) is 5.92 Å². The molecule has 1 saturated heterocycles. The lowest BCUT2D eigenvalue weighted by atomic mass is 9.82. The topological polar surface area (TPSA) is 128 Å². The number of ether oxygens (including phenoxy) is 1. The fraction of sp³-hybridized carbons (Fsp3) is 0.368. The van der Waals surface area contributed by atoms with E-state index in [1.54, 1.807) is 44.6 Å². The number of carbonyl (C=O) groups excluding carboxylic acids is 1. The maximum absolute atomic E-state index is 12.4. The van der Waals surface area contributed by atoms with E-state index in [4.69, 9.17) is 10.6 Å². The van der Waals surface area contributed by atoms with Gasteiger partial charge < -0.3 is 25.2 Å². The molecule has 0 saturated carbocycles. The predicted molar refractivity (Wildman–Crippen MR) is 103 cm³/mol. The Morgan fingerprint density at radius 3 is 2.75 bits per heavy atom. The normalized spacial score (nSPS) is 22.2. The van der Waals surface area contributed by atoms with E-state index in [9.17, 15) is 19.8 Å². The number of hydrogen-bond acceptors (Lipinski definition) is 7. The number of rotatable bonds is 7. The first-order chi connectivity index (χ1) is 13.3. The molecule has 3 rings (SSSR count). The van der Waals surface area contributed by atoms with Gasteiger partial charge in [0.2, 0.25) is 5.91 Å². The highest BCUT2D eigenvalue weighted by atomic mass is 16.5. The van der Waals surface area contributed by atoms with Crippen LogP contribution in [0.25, 0.3) is 5.57 Å². The summed E-state index contributed by atoms with van der Waals surface area (Å²) in [5, 5.41) is 23.8. The number of aliphatic hydroxyl groups excluding tert-OH is 1. The predicted octanol–water partition coefficient (Wildman–Crippen LogP) is 0.473. The van der Waals surface area contributed by atoms with Crippen molar-refractivity contribution in [1.82, 2.24) is 10.2 Å². The molecule has 2 heterocycles. The Kier molecular flexibility index (Phi) is 5.30. The number of carboxylic acid groups (broad SMARTS) is 1. The second-order valence-corrected chi connectivity index (χ2v) is 6.81. The maximum Gasteiger partial charge on any atom is 0.352 e. The van der Waals surface area contributed by atoms with Gasteiger partial charge in [0.1, 0.15) is 11.4 Å². The average molecular weight is 388 g/mol. The third kappa shape index (κ3) is 3.19. The zero-order valence-electron chi connectivity index (χ0n) is 15.9. The molecule has 1 aromatic carbocycles. The van der Waals surface area contributed by atoms with Crippen molar-refractivity contribution in [2.75, 3.05) is 19.2 Å². The Labute approximate surface area is 162 Å². The molecule has 28 heavy (non-hydrogen) atoms. The Balaban J connectivity index is 2.06. The lowest BCUT2D eigenvalue weighted by molar-refractivity contribution is -0.161. The number of aliphatic carboxylic acids is 1. The first kappa shape index (κ1) is 19.7. The van der Waals surface area contributed by atoms with Gasteiger partial charge in [0, 0.05) is 25.5 Å². The van der Waals surface area contributed by atoms with Crippen LogP contribution < -0.4 is 20.9 Å². The highest BCUT2D eigenvalue weighted by molar-refractivity contribution is 6.06. The molecule has 150 valence electrons. The van der Waals surface area contributed by atoms with Crippen molar-refractivity contribution >= 4 is 23.1 Å². The number of amides is 1. The second kappa shape index (κ2) is 7.53. The first-order valence-electron chi connectivity index (χ1n) is 8.85. The summed E-state index contributed by atoms with van der Waals surface area (Å²) in [5.41, 5.74) is 1.65. The largest absolute Gasteiger partial charge is 0.497 e. The van der Waals surface area contributed by atoms with Crippen LogP contribution in [0.4, 0.5) is 5.69 Å². The van der Waals surface area contributed by atoms with Gasteiger partial charge in [0.15, 0.2) is 0 Å². The van der Waals surface area contributed by atoms with Gasteiger partial charge in [0.05, 0.1) is 30.9 Å². The van der Waals surface area contributed by atoms with Crippen LogP contribution in [0.3, 0.4) is 0 Å². The van der Waals surface area contributed by atoms with E-state index in [0.29, 0.717) is 29.0 Å². The minimum absolute atomic E-state index is 0.0551. The Morgan fingerprint density at radius 2 is 2.18 bits per heavy atom. The summed E-state index contributed by atoms with van der Waals surface area (Å²) >= 11 is 0. The molecule has 0 aromatic heterocycles. The third-order valence-corrected chi connectivity index (χ3v) is 5.11. The van der Waals surface area contributed by atoms with Gasteiger partial charge in [0.25, 0.3) is 0 Å². The summed E-state index contributed by atoms with van der Waals surface area (Å²) in [7, 11) is 3.25. The summed E-state index contributed by atoms with van der Waals surface area (Å²) in [6.45, 7) is 1.54. The van der Waals surface area contributed by atoms with Crippen molar-refractivity contribution < 1.29 is 24.5 Å². The highest BCUT2D eigenvalue weighted by Crippen LogP contribution is 2.47. The Morgan fingerprint density at radius 1 is 1.46 bits per heavy atom. The molecule has 0 aliphatic carbocycles. The standard InChI is InChI=1S/C19H24N4O5/c1-10(24)16-15-9-14(17(19(26)27)23(15)18(16)25)11-6-12(8-13(7-11)28-3)22(20)5-4-21-2/h4-8,10,15-16,21,24H,9,20H2,1-3H3,(H,26,27)/b5-4-/t10?,15?,16-/m1/s1. The average Bonchev–Trinajstić information content (AvgIpc) is 3.00. The van der Waals surface area contributed by atoms with Gasteiger partial charge in [-0.05, 0) is 36.6 Å². The van der Waals surface area contributed by atoms with Crippen LogP contribution >= 0.6 is 0 Å². The Hall–Kier alpha value is -3.04. The molecule has 9 heteroatoms. The molecule has 1 amide bonds. The summed E-state index contributed by atoms with van der Waals surface area (Å²) in [6.07, 6.45) is 2.76. The number of aliphatic hydroxyl groups is 1. The molecule has 2 unspecified atom stereocenters. The van der Waals surface area contributed by atoms with Crippen LogP contribution in [-0.2, 0) is 9.59 Å². The van der Waals surface area contributed by atoms with Crippen molar-refractivity contribution in [3.05, 3.63) is 41.9 Å². The molecule has 3 atom stereocenters. The monoisotopic (exact) mass is 388 g/mol. The quantitative estimate of drug-likeness (QED) is 0.302. The number of fused-ring (bicyclic) bond motifs is 1. The van der Waals surface area contributed by atoms with E-state index in [1.807, 2.05) is 0 Å². The minimum Gasteiger partial charge on any atom is -0.497 e. The van der Waals surface area contributed by atoms with Gasteiger partial charge in [-0.2, -0.15) is 0 Å².